The van der Waals surface area contributed by atoms with Gasteiger partial charge < -0.3 is 10.2 Å². The van der Waals surface area contributed by atoms with Crippen LogP contribution in [0.25, 0.3) is 0 Å². The minimum absolute atomic E-state index is 0.413. The van der Waals surface area contributed by atoms with E-state index in [0.717, 1.165) is 19.6 Å². The van der Waals surface area contributed by atoms with Gasteiger partial charge in [-0.15, -0.1) is 0 Å². The smallest absolute Gasteiger partial charge is 0.0294 e. The number of hydrogen-bond donors (Lipinski definition) is 1. The van der Waals surface area contributed by atoms with Gasteiger partial charge in [0.15, 0.2) is 0 Å². The van der Waals surface area contributed by atoms with Gasteiger partial charge in [0.25, 0.3) is 0 Å². The van der Waals surface area contributed by atoms with E-state index in [2.05, 4.69) is 69.1 Å². The number of unbranched alkanes of at least 4 members (excludes halogenated alkanes) is 1. The average molecular weight is 290 g/mol. The third kappa shape index (κ3) is 6.62. The van der Waals surface area contributed by atoms with Crippen molar-refractivity contribution in [3.05, 3.63) is 35.4 Å². The molecular formula is C19H34N2. The lowest BCUT2D eigenvalue weighted by molar-refractivity contribution is 0.264. The van der Waals surface area contributed by atoms with Crippen LogP contribution in [0.2, 0.25) is 0 Å². The molecule has 1 aromatic carbocycles. The zero-order chi connectivity index (χ0) is 15.7. The largest absolute Gasteiger partial charge is 0.306 e. The molecule has 0 radical (unpaired) electrons. The highest BCUT2D eigenvalue weighted by Crippen LogP contribution is 2.15. The molecular weight excluding hydrogens is 256 g/mol. The number of nitrogens with zero attached hydrogens (tertiary/aromatic N) is 1. The third-order valence-corrected chi connectivity index (χ3v) is 4.26. The second kappa shape index (κ2) is 9.97. The van der Waals surface area contributed by atoms with Gasteiger partial charge >= 0.3 is 0 Å². The molecule has 120 valence electrons. The first-order valence-corrected chi connectivity index (χ1v) is 8.67. The number of nitrogens with one attached hydrogen (secondary N) is 1. The van der Waals surface area contributed by atoms with Crippen LogP contribution in [0.4, 0.5) is 0 Å². The molecule has 0 heterocycles. The molecule has 0 saturated heterocycles. The highest BCUT2D eigenvalue weighted by Gasteiger charge is 2.11. The van der Waals surface area contributed by atoms with Crippen LogP contribution in [0.5, 0.6) is 0 Å². The van der Waals surface area contributed by atoms with Crippen LogP contribution in [0.15, 0.2) is 24.3 Å². The zero-order valence-corrected chi connectivity index (χ0v) is 14.7. The fourth-order valence-corrected chi connectivity index (χ4v) is 2.80. The molecule has 0 spiro atoms. The standard InChI is InChI=1S/C19H34N2/c1-6-9-10-18-11-13-19(14-12-18)17(5)20-16(4)15-21(7-2)8-3/h11-14,16-17,20H,6-10,15H2,1-5H3. The van der Waals surface area contributed by atoms with E-state index >= 15 is 0 Å². The van der Waals surface area contributed by atoms with Gasteiger partial charge in [-0.3, -0.25) is 0 Å². The quantitative estimate of drug-likeness (QED) is 0.686. The molecule has 2 unspecified atom stereocenters. The Morgan fingerprint density at radius 2 is 1.62 bits per heavy atom. The first kappa shape index (κ1) is 18.2. The highest BCUT2D eigenvalue weighted by atomic mass is 15.1. The van der Waals surface area contributed by atoms with Gasteiger partial charge in [-0.05, 0) is 50.9 Å². The molecule has 1 rings (SSSR count). The fourth-order valence-electron chi connectivity index (χ4n) is 2.80. The summed E-state index contributed by atoms with van der Waals surface area (Å²) in [5, 5.41) is 3.72. The van der Waals surface area contributed by atoms with Crippen molar-refractivity contribution in [1.29, 1.82) is 0 Å². The molecule has 0 aromatic heterocycles. The predicted octanol–water partition coefficient (Wildman–Crippen LogP) is 4.41. The van der Waals surface area contributed by atoms with Crippen LogP contribution >= 0.6 is 0 Å². The summed E-state index contributed by atoms with van der Waals surface area (Å²) in [6.07, 6.45) is 3.76. The van der Waals surface area contributed by atoms with E-state index in [1.54, 1.807) is 0 Å². The van der Waals surface area contributed by atoms with Gasteiger partial charge in [0, 0.05) is 18.6 Å². The Hall–Kier alpha value is -0.860. The molecule has 1 aromatic rings. The molecule has 0 aliphatic rings. The average Bonchev–Trinajstić information content (AvgIpc) is 2.50. The molecule has 0 amide bonds. The zero-order valence-electron chi connectivity index (χ0n) is 14.7. The van der Waals surface area contributed by atoms with Crippen molar-refractivity contribution in [2.24, 2.45) is 0 Å². The van der Waals surface area contributed by atoms with E-state index in [0.29, 0.717) is 12.1 Å². The van der Waals surface area contributed by atoms with E-state index in [1.807, 2.05) is 0 Å². The van der Waals surface area contributed by atoms with Gasteiger partial charge in [0.1, 0.15) is 0 Å². The van der Waals surface area contributed by atoms with Crippen LogP contribution in [0.1, 0.15) is 64.6 Å². The van der Waals surface area contributed by atoms with Crippen molar-refractivity contribution in [1.82, 2.24) is 10.2 Å². The van der Waals surface area contributed by atoms with E-state index in [1.165, 1.54) is 30.4 Å². The van der Waals surface area contributed by atoms with E-state index in [9.17, 15) is 0 Å². The normalized spacial score (nSPS) is 14.4. The minimum atomic E-state index is 0.413. The highest BCUT2D eigenvalue weighted by molar-refractivity contribution is 5.24. The molecule has 0 aliphatic carbocycles. The van der Waals surface area contributed by atoms with Crippen LogP contribution < -0.4 is 5.32 Å². The summed E-state index contributed by atoms with van der Waals surface area (Å²) in [4.78, 5) is 2.47. The molecule has 2 atom stereocenters. The first-order chi connectivity index (χ1) is 10.1. The van der Waals surface area contributed by atoms with E-state index in [-0.39, 0.29) is 0 Å². The van der Waals surface area contributed by atoms with Crippen molar-refractivity contribution in [3.63, 3.8) is 0 Å². The number of rotatable bonds is 10. The van der Waals surface area contributed by atoms with Crippen LogP contribution in [-0.2, 0) is 6.42 Å². The maximum Gasteiger partial charge on any atom is 0.0294 e. The monoisotopic (exact) mass is 290 g/mol. The second-order valence-electron chi connectivity index (χ2n) is 6.12. The number of benzene rings is 1. The Morgan fingerprint density at radius 1 is 1.00 bits per heavy atom. The van der Waals surface area contributed by atoms with Crippen molar-refractivity contribution < 1.29 is 0 Å². The van der Waals surface area contributed by atoms with Crippen molar-refractivity contribution >= 4 is 0 Å². The Labute approximate surface area is 131 Å². The van der Waals surface area contributed by atoms with Crippen LogP contribution in [0.3, 0.4) is 0 Å². The van der Waals surface area contributed by atoms with Crippen LogP contribution in [-0.4, -0.2) is 30.6 Å². The lowest BCUT2D eigenvalue weighted by atomic mass is 10.0. The number of likely N-dealkylation sites (N-methyl/N-ethyl adjacent to an activating group) is 1. The number of hydrogen-bond acceptors (Lipinski definition) is 2. The topological polar surface area (TPSA) is 15.3 Å². The van der Waals surface area contributed by atoms with Crippen molar-refractivity contribution in [3.8, 4) is 0 Å². The third-order valence-electron chi connectivity index (χ3n) is 4.26. The first-order valence-electron chi connectivity index (χ1n) is 8.67. The van der Waals surface area contributed by atoms with Gasteiger partial charge in [-0.25, -0.2) is 0 Å². The molecule has 0 saturated carbocycles. The summed E-state index contributed by atoms with van der Waals surface area (Å²) >= 11 is 0. The summed E-state index contributed by atoms with van der Waals surface area (Å²) in [6.45, 7) is 14.6. The van der Waals surface area contributed by atoms with Gasteiger partial charge in [0.05, 0.1) is 0 Å². The molecule has 2 nitrogen and oxygen atoms in total. The van der Waals surface area contributed by atoms with Gasteiger partial charge in [0.2, 0.25) is 0 Å². The van der Waals surface area contributed by atoms with E-state index in [4.69, 9.17) is 0 Å². The fraction of sp³-hybridized carbons (Fsp3) is 0.684. The lowest BCUT2D eigenvalue weighted by Crippen LogP contribution is -2.40. The summed E-state index contributed by atoms with van der Waals surface area (Å²) in [5.41, 5.74) is 2.85. The molecule has 0 bridgehead atoms. The summed E-state index contributed by atoms with van der Waals surface area (Å²) in [5.74, 6) is 0. The van der Waals surface area contributed by atoms with Crippen molar-refractivity contribution in [2.75, 3.05) is 19.6 Å². The van der Waals surface area contributed by atoms with Crippen molar-refractivity contribution in [2.45, 2.75) is 66.0 Å². The van der Waals surface area contributed by atoms with E-state index < -0.39 is 0 Å². The summed E-state index contributed by atoms with van der Waals surface area (Å²) < 4.78 is 0. The molecule has 1 N–H and O–H groups in total. The molecule has 2 heteroatoms. The predicted molar refractivity (Wildman–Crippen MR) is 93.9 cm³/mol. The summed E-state index contributed by atoms with van der Waals surface area (Å²) in [7, 11) is 0. The maximum atomic E-state index is 3.72. The van der Waals surface area contributed by atoms with Gasteiger partial charge in [-0.1, -0.05) is 51.5 Å². The number of aryl methyl sites for hydroxylation is 1. The minimum Gasteiger partial charge on any atom is -0.306 e. The molecule has 21 heavy (non-hydrogen) atoms. The van der Waals surface area contributed by atoms with Gasteiger partial charge in [-0.2, -0.15) is 0 Å². The summed E-state index contributed by atoms with van der Waals surface area (Å²) in [6, 6.07) is 10.1. The molecule has 0 fully saturated rings. The molecule has 0 aliphatic heterocycles. The lowest BCUT2D eigenvalue weighted by Gasteiger charge is -2.26. The van der Waals surface area contributed by atoms with Crippen LogP contribution in [0, 0.1) is 0 Å². The second-order valence-corrected chi connectivity index (χ2v) is 6.12. The Balaban J connectivity index is 2.48. The maximum absolute atomic E-state index is 3.72. The Kier molecular flexibility index (Phi) is 8.63. The SMILES string of the molecule is CCCCc1ccc(C(C)NC(C)CN(CC)CC)cc1. The Bertz CT molecular complexity index is 368. The Morgan fingerprint density at radius 3 is 2.14 bits per heavy atom.